The van der Waals surface area contributed by atoms with Crippen LogP contribution in [-0.2, 0) is 4.79 Å². The Morgan fingerprint density at radius 2 is 1.36 bits per heavy atom. The van der Waals surface area contributed by atoms with Crippen molar-refractivity contribution >= 4 is 12.3 Å². The van der Waals surface area contributed by atoms with Crippen LogP contribution in [0.4, 0.5) is 0 Å². The molecule has 176 valence electrons. The molecular formula is C28H34O5. The number of hydrogen-bond donors (Lipinski definition) is 2. The number of aryl methyl sites for hydroxylation is 1. The number of ether oxygens (including phenoxy) is 1. The molecular weight excluding hydrogens is 416 g/mol. The molecule has 3 aromatic rings. The predicted molar refractivity (Wildman–Crippen MR) is 133 cm³/mol. The minimum absolute atomic E-state index is 0.0978. The van der Waals surface area contributed by atoms with Crippen molar-refractivity contribution in [2.24, 2.45) is 5.92 Å². The highest BCUT2D eigenvalue weighted by molar-refractivity contribution is 5.91. The van der Waals surface area contributed by atoms with Crippen molar-refractivity contribution in [1.82, 2.24) is 0 Å². The molecule has 0 radical (unpaired) electrons. The molecule has 0 atom stereocenters. The van der Waals surface area contributed by atoms with Crippen LogP contribution in [0.25, 0.3) is 11.1 Å². The summed E-state index contributed by atoms with van der Waals surface area (Å²) in [4.78, 5) is 21.7. The molecule has 0 heterocycles. The van der Waals surface area contributed by atoms with Crippen molar-refractivity contribution in [1.29, 1.82) is 0 Å². The SMILES string of the molecule is CC.CC.Cc1cc(OC(=O)c2ccc(O)cc2)ccc1-c1ccc(O)cc1.O=CC1CC1. The summed E-state index contributed by atoms with van der Waals surface area (Å²) in [6, 6.07) is 18.2. The number of phenolic OH excluding ortho intramolecular Hbond substituents is 2. The van der Waals surface area contributed by atoms with E-state index in [-0.39, 0.29) is 11.5 Å². The van der Waals surface area contributed by atoms with Crippen LogP contribution in [0.1, 0.15) is 56.5 Å². The standard InChI is InChI=1S/C20H16O4.C4H6O.2C2H6/c1-13-12-18(24-20(23)15-4-8-17(22)9-5-15)10-11-19(13)14-2-6-16(21)7-3-14;5-3-4-1-2-4;2*1-2/h2-12,21-22H,1H3;3-4H,1-2H2;2*1-2H3. The molecule has 0 saturated heterocycles. The van der Waals surface area contributed by atoms with Crippen molar-refractivity contribution < 1.29 is 24.5 Å². The Labute approximate surface area is 196 Å². The minimum Gasteiger partial charge on any atom is -0.508 e. The molecule has 0 aromatic heterocycles. The van der Waals surface area contributed by atoms with Crippen molar-refractivity contribution in [3.05, 3.63) is 77.9 Å². The maximum atomic E-state index is 12.1. The average molecular weight is 451 g/mol. The Hall–Kier alpha value is -3.60. The number of aromatic hydroxyl groups is 2. The van der Waals surface area contributed by atoms with Gasteiger partial charge < -0.3 is 19.7 Å². The van der Waals surface area contributed by atoms with Gasteiger partial charge in [0.1, 0.15) is 23.5 Å². The first-order valence-corrected chi connectivity index (χ1v) is 11.3. The number of hydrogen-bond acceptors (Lipinski definition) is 5. The summed E-state index contributed by atoms with van der Waals surface area (Å²) < 4.78 is 5.37. The van der Waals surface area contributed by atoms with Gasteiger partial charge in [0.2, 0.25) is 0 Å². The predicted octanol–water partition coefficient (Wildman–Crippen LogP) is 6.94. The fourth-order valence-corrected chi connectivity index (χ4v) is 2.66. The molecule has 2 N–H and O–H groups in total. The Bertz CT molecular complexity index is 988. The van der Waals surface area contributed by atoms with Gasteiger partial charge in [0.05, 0.1) is 5.56 Å². The van der Waals surface area contributed by atoms with Crippen LogP contribution < -0.4 is 4.74 Å². The monoisotopic (exact) mass is 450 g/mol. The average Bonchev–Trinajstić information content (AvgIpc) is 3.68. The summed E-state index contributed by atoms with van der Waals surface area (Å²) in [5, 5.41) is 18.6. The fraction of sp³-hybridized carbons (Fsp3) is 0.286. The number of aldehydes is 1. The van der Waals surface area contributed by atoms with Gasteiger partial charge >= 0.3 is 5.97 Å². The maximum Gasteiger partial charge on any atom is 0.343 e. The molecule has 1 aliphatic carbocycles. The molecule has 0 amide bonds. The molecule has 1 aliphatic rings. The van der Waals surface area contributed by atoms with Gasteiger partial charge in [0.15, 0.2) is 0 Å². The lowest BCUT2D eigenvalue weighted by Crippen LogP contribution is -2.08. The van der Waals surface area contributed by atoms with E-state index in [4.69, 9.17) is 4.74 Å². The molecule has 33 heavy (non-hydrogen) atoms. The van der Waals surface area contributed by atoms with Gasteiger partial charge in [-0.2, -0.15) is 0 Å². The lowest BCUT2D eigenvalue weighted by molar-refractivity contribution is -0.108. The van der Waals surface area contributed by atoms with E-state index in [2.05, 4.69) is 0 Å². The zero-order chi connectivity index (χ0) is 24.8. The van der Waals surface area contributed by atoms with E-state index in [1.807, 2.05) is 52.8 Å². The fourth-order valence-electron chi connectivity index (χ4n) is 2.66. The molecule has 5 nitrogen and oxygen atoms in total. The summed E-state index contributed by atoms with van der Waals surface area (Å²) >= 11 is 0. The van der Waals surface area contributed by atoms with Crippen molar-refractivity contribution in [2.75, 3.05) is 0 Å². The van der Waals surface area contributed by atoms with Crippen LogP contribution in [0, 0.1) is 12.8 Å². The van der Waals surface area contributed by atoms with E-state index < -0.39 is 5.97 Å². The zero-order valence-electron chi connectivity index (χ0n) is 20.0. The number of benzene rings is 3. The van der Waals surface area contributed by atoms with Crippen LogP contribution in [0.3, 0.4) is 0 Å². The molecule has 0 aliphatic heterocycles. The molecule has 1 fully saturated rings. The number of phenols is 2. The third kappa shape index (κ3) is 9.19. The van der Waals surface area contributed by atoms with E-state index in [0.717, 1.165) is 35.8 Å². The Morgan fingerprint density at radius 3 is 1.79 bits per heavy atom. The molecule has 0 bridgehead atoms. The van der Waals surface area contributed by atoms with Gasteiger partial charge in [-0.15, -0.1) is 0 Å². The van der Waals surface area contributed by atoms with Gasteiger partial charge in [0.25, 0.3) is 0 Å². The first-order valence-electron chi connectivity index (χ1n) is 11.3. The first kappa shape index (κ1) is 27.4. The molecule has 0 unspecified atom stereocenters. The van der Waals surface area contributed by atoms with Gasteiger partial charge in [-0.3, -0.25) is 0 Å². The topological polar surface area (TPSA) is 83.8 Å². The number of carbonyl (C=O) groups excluding carboxylic acids is 2. The summed E-state index contributed by atoms with van der Waals surface area (Å²) in [6.45, 7) is 9.93. The third-order valence-corrected chi connectivity index (χ3v) is 4.50. The zero-order valence-corrected chi connectivity index (χ0v) is 20.0. The second-order valence-corrected chi connectivity index (χ2v) is 6.93. The van der Waals surface area contributed by atoms with E-state index >= 15 is 0 Å². The normalized spacial score (nSPS) is 11.3. The van der Waals surface area contributed by atoms with Crippen LogP contribution in [0.5, 0.6) is 17.2 Å². The van der Waals surface area contributed by atoms with Gasteiger partial charge in [-0.05, 0) is 85.0 Å². The second kappa shape index (κ2) is 14.5. The van der Waals surface area contributed by atoms with Crippen LogP contribution in [0.15, 0.2) is 66.7 Å². The number of rotatable bonds is 4. The van der Waals surface area contributed by atoms with E-state index in [9.17, 15) is 19.8 Å². The first-order chi connectivity index (χ1) is 16.0. The highest BCUT2D eigenvalue weighted by Crippen LogP contribution is 2.28. The number of carbonyl (C=O) groups is 2. The van der Waals surface area contributed by atoms with Crippen molar-refractivity contribution in [3.8, 4) is 28.4 Å². The highest BCUT2D eigenvalue weighted by Gasteiger charge is 2.19. The van der Waals surface area contributed by atoms with Gasteiger partial charge in [0, 0.05) is 5.92 Å². The van der Waals surface area contributed by atoms with Crippen molar-refractivity contribution in [2.45, 2.75) is 47.5 Å². The highest BCUT2D eigenvalue weighted by atomic mass is 16.5. The summed E-state index contributed by atoms with van der Waals surface area (Å²) in [7, 11) is 0. The summed E-state index contributed by atoms with van der Waals surface area (Å²) in [6.07, 6.45) is 3.31. The number of esters is 1. The lowest BCUT2D eigenvalue weighted by Gasteiger charge is -2.10. The van der Waals surface area contributed by atoms with Crippen molar-refractivity contribution in [3.63, 3.8) is 0 Å². The summed E-state index contributed by atoms with van der Waals surface area (Å²) in [5.41, 5.74) is 3.30. The third-order valence-electron chi connectivity index (χ3n) is 4.50. The van der Waals surface area contributed by atoms with E-state index in [0.29, 0.717) is 17.2 Å². The Kier molecular flexibility index (Phi) is 12.0. The maximum absolute atomic E-state index is 12.1. The molecule has 4 rings (SSSR count). The molecule has 1 saturated carbocycles. The van der Waals surface area contributed by atoms with Crippen LogP contribution in [-0.4, -0.2) is 22.5 Å². The van der Waals surface area contributed by atoms with Gasteiger partial charge in [-0.25, -0.2) is 4.79 Å². The Morgan fingerprint density at radius 1 is 0.848 bits per heavy atom. The van der Waals surface area contributed by atoms with E-state index in [1.54, 1.807) is 24.3 Å². The lowest BCUT2D eigenvalue weighted by atomic mass is 10.0. The molecule has 0 spiro atoms. The van der Waals surface area contributed by atoms with E-state index in [1.165, 1.54) is 24.3 Å². The molecule has 5 heteroatoms. The minimum atomic E-state index is -0.480. The quantitative estimate of drug-likeness (QED) is 0.255. The van der Waals surface area contributed by atoms with Gasteiger partial charge in [-0.1, -0.05) is 45.9 Å². The smallest absolute Gasteiger partial charge is 0.343 e. The molecule has 3 aromatic carbocycles. The second-order valence-electron chi connectivity index (χ2n) is 6.93. The van der Waals surface area contributed by atoms with Crippen LogP contribution >= 0.6 is 0 Å². The summed E-state index contributed by atoms with van der Waals surface area (Å²) in [5.74, 6) is 0.742. The largest absolute Gasteiger partial charge is 0.508 e. The Balaban J connectivity index is 0.000000517. The van der Waals surface area contributed by atoms with Crippen LogP contribution in [0.2, 0.25) is 0 Å².